The number of carbonyl (C=O) groups is 2. The quantitative estimate of drug-likeness (QED) is 0.737. The van der Waals surface area contributed by atoms with Crippen molar-refractivity contribution in [3.8, 4) is 0 Å². The molecule has 1 heterocycles. The van der Waals surface area contributed by atoms with Gasteiger partial charge in [-0.15, -0.1) is 0 Å². The van der Waals surface area contributed by atoms with Crippen LogP contribution < -0.4 is 5.32 Å². The number of ketones is 1. The molecule has 1 aliphatic carbocycles. The Labute approximate surface area is 96.2 Å². The van der Waals surface area contributed by atoms with Crippen LogP contribution in [-0.2, 0) is 9.59 Å². The van der Waals surface area contributed by atoms with Crippen LogP contribution in [-0.4, -0.2) is 36.1 Å². The summed E-state index contributed by atoms with van der Waals surface area (Å²) in [4.78, 5) is 19.7. The molecule has 0 aromatic heterocycles. The topological polar surface area (TPSA) is 66.4 Å². The average molecular weight is 253 g/mol. The fourth-order valence-electron chi connectivity index (χ4n) is 1.93. The third-order valence-electron chi connectivity index (χ3n) is 3.11. The third kappa shape index (κ3) is 3.42. The molecule has 2 aliphatic rings. The Balaban J connectivity index is 0.000000185. The lowest BCUT2D eigenvalue weighted by atomic mass is 9.59. The molecule has 0 aromatic rings. The predicted molar refractivity (Wildman–Crippen MR) is 52.4 cm³/mol. The van der Waals surface area contributed by atoms with Gasteiger partial charge in [0, 0.05) is 20.0 Å². The van der Waals surface area contributed by atoms with Crippen LogP contribution in [0.3, 0.4) is 0 Å². The summed E-state index contributed by atoms with van der Waals surface area (Å²) in [5.41, 5.74) is 0.406. The first-order valence-corrected chi connectivity index (χ1v) is 5.18. The molecule has 4 nitrogen and oxygen atoms in total. The van der Waals surface area contributed by atoms with Gasteiger partial charge in [0.05, 0.1) is 5.92 Å². The predicted octanol–water partition coefficient (Wildman–Crippen LogP) is 1.21. The van der Waals surface area contributed by atoms with E-state index in [1.54, 1.807) is 0 Å². The van der Waals surface area contributed by atoms with Crippen LogP contribution in [0.15, 0.2) is 0 Å². The number of hydrogen-bond acceptors (Lipinski definition) is 3. The summed E-state index contributed by atoms with van der Waals surface area (Å²) >= 11 is 0. The van der Waals surface area contributed by atoms with Crippen LogP contribution in [0.25, 0.3) is 0 Å². The molecule has 0 amide bonds. The van der Waals surface area contributed by atoms with Crippen LogP contribution in [0, 0.1) is 11.3 Å². The molecule has 0 atom stereocenters. The van der Waals surface area contributed by atoms with Gasteiger partial charge < -0.3 is 10.4 Å². The molecule has 2 rings (SSSR count). The molecule has 1 saturated heterocycles. The minimum absolute atomic E-state index is 0.0397. The number of carboxylic acid groups (broad SMARTS) is 1. The standard InChI is InChI=1S/C7H11NO2.C3H3F3O/c9-6(10)5-1-7(2-5)3-8-4-7;1-2(7)3(4,5)6/h5,8H,1-4H2,(H,9,10);1H3. The first kappa shape index (κ1) is 14.0. The molecule has 1 aliphatic heterocycles. The second-order valence-electron chi connectivity index (χ2n) is 4.60. The highest BCUT2D eigenvalue weighted by Gasteiger charge is 2.50. The van der Waals surface area contributed by atoms with E-state index in [4.69, 9.17) is 5.11 Å². The molecule has 0 bridgehead atoms. The Kier molecular flexibility index (Phi) is 3.81. The number of alkyl halides is 3. The van der Waals surface area contributed by atoms with E-state index in [1.165, 1.54) is 0 Å². The molecular weight excluding hydrogens is 239 g/mol. The zero-order chi connectivity index (χ0) is 13.3. The fourth-order valence-corrected chi connectivity index (χ4v) is 1.93. The van der Waals surface area contributed by atoms with E-state index in [-0.39, 0.29) is 5.92 Å². The smallest absolute Gasteiger partial charge is 0.449 e. The monoisotopic (exact) mass is 253 g/mol. The highest BCUT2D eigenvalue weighted by Crippen LogP contribution is 2.48. The first-order valence-electron chi connectivity index (χ1n) is 5.18. The number of aliphatic carboxylic acids is 1. The molecule has 0 aromatic carbocycles. The molecule has 98 valence electrons. The van der Waals surface area contributed by atoms with Crippen molar-refractivity contribution in [1.82, 2.24) is 5.32 Å². The van der Waals surface area contributed by atoms with Crippen LogP contribution in [0.2, 0.25) is 0 Å². The normalized spacial score (nSPS) is 21.9. The zero-order valence-corrected chi connectivity index (χ0v) is 9.30. The molecule has 2 fully saturated rings. The van der Waals surface area contributed by atoms with Gasteiger partial charge in [-0.05, 0) is 18.3 Å². The number of Topliss-reactive ketones (excluding diaryl/α,β-unsaturated/α-hetero) is 1. The van der Waals surface area contributed by atoms with Crippen LogP contribution >= 0.6 is 0 Å². The Bertz CT molecular complexity index is 315. The summed E-state index contributed by atoms with van der Waals surface area (Å²) < 4.78 is 32.5. The van der Waals surface area contributed by atoms with Crippen molar-refractivity contribution in [1.29, 1.82) is 0 Å². The van der Waals surface area contributed by atoms with E-state index in [9.17, 15) is 22.8 Å². The van der Waals surface area contributed by atoms with Gasteiger partial charge in [0.25, 0.3) is 0 Å². The van der Waals surface area contributed by atoms with Crippen LogP contribution in [0.4, 0.5) is 13.2 Å². The third-order valence-corrected chi connectivity index (χ3v) is 3.11. The number of hydrogen-bond donors (Lipinski definition) is 2. The van der Waals surface area contributed by atoms with Crippen molar-refractivity contribution >= 4 is 11.8 Å². The molecule has 0 unspecified atom stereocenters. The Morgan fingerprint density at radius 2 is 1.71 bits per heavy atom. The lowest BCUT2D eigenvalue weighted by Crippen LogP contribution is -2.61. The van der Waals surface area contributed by atoms with Crippen molar-refractivity contribution in [2.45, 2.75) is 25.9 Å². The van der Waals surface area contributed by atoms with Crippen molar-refractivity contribution in [3.63, 3.8) is 0 Å². The van der Waals surface area contributed by atoms with E-state index in [0.717, 1.165) is 25.9 Å². The Morgan fingerprint density at radius 1 is 1.29 bits per heavy atom. The maximum atomic E-state index is 10.8. The van der Waals surface area contributed by atoms with Crippen molar-refractivity contribution in [2.75, 3.05) is 13.1 Å². The number of nitrogens with one attached hydrogen (secondary N) is 1. The van der Waals surface area contributed by atoms with Gasteiger partial charge in [-0.3, -0.25) is 9.59 Å². The van der Waals surface area contributed by atoms with Gasteiger partial charge in [-0.2, -0.15) is 13.2 Å². The minimum Gasteiger partial charge on any atom is -0.481 e. The summed E-state index contributed by atoms with van der Waals surface area (Å²) in [5.74, 6) is -2.41. The highest BCUT2D eigenvalue weighted by atomic mass is 19.4. The number of carboxylic acids is 1. The van der Waals surface area contributed by atoms with E-state index in [0.29, 0.717) is 12.3 Å². The summed E-state index contributed by atoms with van der Waals surface area (Å²) in [6, 6.07) is 0. The molecule has 1 spiro atoms. The van der Waals surface area contributed by atoms with Gasteiger partial charge in [0.1, 0.15) is 0 Å². The number of rotatable bonds is 1. The number of halogens is 3. The molecular formula is C10H14F3NO3. The molecule has 0 radical (unpaired) electrons. The van der Waals surface area contributed by atoms with E-state index >= 15 is 0 Å². The fraction of sp³-hybridized carbons (Fsp3) is 0.800. The summed E-state index contributed by atoms with van der Waals surface area (Å²) in [5, 5.41) is 11.7. The van der Waals surface area contributed by atoms with E-state index < -0.39 is 17.9 Å². The van der Waals surface area contributed by atoms with Crippen LogP contribution in [0.1, 0.15) is 19.8 Å². The van der Waals surface area contributed by atoms with Gasteiger partial charge in [-0.25, -0.2) is 0 Å². The summed E-state index contributed by atoms with van der Waals surface area (Å²) in [6.45, 7) is 2.56. The second-order valence-corrected chi connectivity index (χ2v) is 4.60. The van der Waals surface area contributed by atoms with Gasteiger partial charge >= 0.3 is 12.1 Å². The van der Waals surface area contributed by atoms with Crippen LogP contribution in [0.5, 0.6) is 0 Å². The van der Waals surface area contributed by atoms with Gasteiger partial charge in [0.2, 0.25) is 5.78 Å². The maximum absolute atomic E-state index is 10.8. The van der Waals surface area contributed by atoms with Gasteiger partial charge in [-0.1, -0.05) is 0 Å². The summed E-state index contributed by atoms with van der Waals surface area (Å²) in [6.07, 6.45) is -2.84. The minimum atomic E-state index is -4.64. The second kappa shape index (κ2) is 4.64. The molecule has 1 saturated carbocycles. The van der Waals surface area contributed by atoms with Crippen molar-refractivity contribution < 1.29 is 27.9 Å². The van der Waals surface area contributed by atoms with E-state index in [2.05, 4.69) is 5.32 Å². The Morgan fingerprint density at radius 3 is 1.88 bits per heavy atom. The van der Waals surface area contributed by atoms with Crippen molar-refractivity contribution in [3.05, 3.63) is 0 Å². The maximum Gasteiger partial charge on any atom is 0.449 e. The van der Waals surface area contributed by atoms with E-state index in [1.807, 2.05) is 0 Å². The molecule has 7 heteroatoms. The highest BCUT2D eigenvalue weighted by molar-refractivity contribution is 5.81. The molecule has 17 heavy (non-hydrogen) atoms. The average Bonchev–Trinajstić information content (AvgIpc) is 1.96. The first-order chi connectivity index (χ1) is 7.66. The largest absolute Gasteiger partial charge is 0.481 e. The van der Waals surface area contributed by atoms with Crippen molar-refractivity contribution in [2.24, 2.45) is 11.3 Å². The SMILES string of the molecule is CC(=O)C(F)(F)F.O=C(O)C1CC2(CNC2)C1. The molecule has 2 N–H and O–H groups in total. The lowest BCUT2D eigenvalue weighted by Gasteiger charge is -2.52. The Hall–Kier alpha value is -1.11. The lowest BCUT2D eigenvalue weighted by molar-refractivity contribution is -0.168. The number of carbonyl (C=O) groups excluding carboxylic acids is 1. The van der Waals surface area contributed by atoms with Gasteiger partial charge in [0.15, 0.2) is 0 Å². The summed E-state index contributed by atoms with van der Waals surface area (Å²) in [7, 11) is 0. The zero-order valence-electron chi connectivity index (χ0n) is 9.30.